The average Bonchev–Trinajstić information content (AvgIpc) is 2.79. The minimum absolute atomic E-state index is 0.111. The van der Waals surface area contributed by atoms with E-state index in [1.807, 2.05) is 43.3 Å². The zero-order chi connectivity index (χ0) is 22.9. The van der Waals surface area contributed by atoms with Crippen LogP contribution in [0.2, 0.25) is 0 Å². The molecule has 1 heterocycles. The van der Waals surface area contributed by atoms with E-state index < -0.39 is 27.5 Å². The molecule has 1 N–H and O–H groups in total. The fraction of sp³-hybridized carbons (Fsp3) is 0.269. The van der Waals surface area contributed by atoms with Crippen molar-refractivity contribution in [3.05, 3.63) is 102 Å². The highest BCUT2D eigenvalue weighted by Gasteiger charge is 2.51. The van der Waals surface area contributed by atoms with Gasteiger partial charge in [-0.1, -0.05) is 78.4 Å². The predicted molar refractivity (Wildman–Crippen MR) is 124 cm³/mol. The quantitative estimate of drug-likeness (QED) is 0.597. The van der Waals surface area contributed by atoms with Crippen LogP contribution >= 0.6 is 0 Å². The molecule has 6 heteroatoms. The molecule has 3 aromatic carbocycles. The molecular weight excluding hydrogens is 422 g/mol. The SMILES string of the molecule is Cc1ccc(S(=O)(=O)N2C[C@@H](c3ccccc3)[C@H](C(=O)c3ccccc3)[C@](C)(O)C2)cc1. The van der Waals surface area contributed by atoms with E-state index in [-0.39, 0.29) is 23.8 Å². The molecular formula is C26H27NO4S. The van der Waals surface area contributed by atoms with Gasteiger partial charge in [-0.25, -0.2) is 8.42 Å². The van der Waals surface area contributed by atoms with Gasteiger partial charge in [0.2, 0.25) is 10.0 Å². The van der Waals surface area contributed by atoms with Crippen molar-refractivity contribution >= 4 is 15.8 Å². The zero-order valence-electron chi connectivity index (χ0n) is 18.2. The number of carbonyl (C=O) groups is 1. The largest absolute Gasteiger partial charge is 0.388 e. The van der Waals surface area contributed by atoms with Gasteiger partial charge in [0.05, 0.1) is 16.4 Å². The molecule has 1 aliphatic rings. The first-order chi connectivity index (χ1) is 15.2. The molecule has 0 amide bonds. The Morgan fingerprint density at radius 1 is 0.938 bits per heavy atom. The van der Waals surface area contributed by atoms with E-state index in [4.69, 9.17) is 0 Å². The van der Waals surface area contributed by atoms with Gasteiger partial charge in [0, 0.05) is 24.6 Å². The molecule has 1 saturated heterocycles. The second-order valence-electron chi connectivity index (χ2n) is 8.69. The molecule has 1 aliphatic heterocycles. The van der Waals surface area contributed by atoms with E-state index >= 15 is 0 Å². The Labute approximate surface area is 189 Å². The average molecular weight is 450 g/mol. The summed E-state index contributed by atoms with van der Waals surface area (Å²) in [5, 5.41) is 11.5. The van der Waals surface area contributed by atoms with Gasteiger partial charge >= 0.3 is 0 Å². The summed E-state index contributed by atoms with van der Waals surface area (Å²) in [5.74, 6) is -1.46. The molecule has 32 heavy (non-hydrogen) atoms. The topological polar surface area (TPSA) is 74.7 Å². The Balaban J connectivity index is 1.77. The summed E-state index contributed by atoms with van der Waals surface area (Å²) in [5.41, 5.74) is 0.744. The molecule has 166 valence electrons. The summed E-state index contributed by atoms with van der Waals surface area (Å²) in [7, 11) is -3.84. The van der Waals surface area contributed by atoms with Crippen molar-refractivity contribution in [3.63, 3.8) is 0 Å². The maximum atomic E-state index is 13.5. The summed E-state index contributed by atoms with van der Waals surface area (Å²) >= 11 is 0. The fourth-order valence-corrected chi connectivity index (χ4v) is 6.13. The highest BCUT2D eigenvalue weighted by Crippen LogP contribution is 2.42. The van der Waals surface area contributed by atoms with Gasteiger partial charge in [-0.15, -0.1) is 0 Å². The number of hydrogen-bond donors (Lipinski definition) is 1. The van der Waals surface area contributed by atoms with E-state index in [0.29, 0.717) is 5.56 Å². The molecule has 4 rings (SSSR count). The molecule has 3 atom stereocenters. The maximum Gasteiger partial charge on any atom is 0.243 e. The Morgan fingerprint density at radius 2 is 1.50 bits per heavy atom. The van der Waals surface area contributed by atoms with Gasteiger partial charge in [0.25, 0.3) is 0 Å². The number of hydrogen-bond acceptors (Lipinski definition) is 4. The summed E-state index contributed by atoms with van der Waals surface area (Å²) in [6.07, 6.45) is 0. The fourth-order valence-electron chi connectivity index (χ4n) is 4.57. The number of aryl methyl sites for hydroxylation is 1. The number of carbonyl (C=O) groups excluding carboxylic acids is 1. The smallest absolute Gasteiger partial charge is 0.243 e. The standard InChI is InChI=1S/C26H27NO4S/c1-19-13-15-22(16-14-19)32(30,31)27-17-23(20-9-5-3-6-10-20)24(26(2,29)18-27)25(28)21-11-7-4-8-12-21/h3-16,23-24,29H,17-18H2,1-2H3/t23-,24+,26+/m0/s1. The lowest BCUT2D eigenvalue weighted by Crippen LogP contribution is -2.59. The molecule has 1 fully saturated rings. The summed E-state index contributed by atoms with van der Waals surface area (Å²) in [4.78, 5) is 13.7. The minimum atomic E-state index is -3.84. The molecule has 0 bridgehead atoms. The molecule has 3 aromatic rings. The third-order valence-electron chi connectivity index (χ3n) is 6.20. The Morgan fingerprint density at radius 3 is 2.09 bits per heavy atom. The third-order valence-corrected chi connectivity index (χ3v) is 8.02. The normalized spacial score (nSPS) is 24.2. The highest BCUT2D eigenvalue weighted by atomic mass is 32.2. The predicted octanol–water partition coefficient (Wildman–Crippen LogP) is 4.03. The van der Waals surface area contributed by atoms with Crippen molar-refractivity contribution in [1.82, 2.24) is 4.31 Å². The van der Waals surface area contributed by atoms with Crippen molar-refractivity contribution in [2.45, 2.75) is 30.3 Å². The molecule has 0 saturated carbocycles. The highest BCUT2D eigenvalue weighted by molar-refractivity contribution is 7.89. The van der Waals surface area contributed by atoms with Crippen molar-refractivity contribution in [1.29, 1.82) is 0 Å². The van der Waals surface area contributed by atoms with Crippen LogP contribution in [0.1, 0.15) is 34.3 Å². The second kappa shape index (κ2) is 8.62. The maximum absolute atomic E-state index is 13.5. The van der Waals surface area contributed by atoms with E-state index in [0.717, 1.165) is 11.1 Å². The molecule has 0 spiro atoms. The number of ketones is 1. The van der Waals surface area contributed by atoms with Crippen LogP contribution in [0, 0.1) is 12.8 Å². The van der Waals surface area contributed by atoms with Gasteiger partial charge in [0.1, 0.15) is 0 Å². The van der Waals surface area contributed by atoms with Gasteiger partial charge in [-0.2, -0.15) is 4.31 Å². The minimum Gasteiger partial charge on any atom is -0.388 e. The van der Waals surface area contributed by atoms with Crippen LogP contribution in [0.25, 0.3) is 0 Å². The lowest BCUT2D eigenvalue weighted by atomic mass is 9.69. The Bertz CT molecular complexity index is 1190. The summed E-state index contributed by atoms with van der Waals surface area (Å²) in [6.45, 7) is 3.41. The lowest BCUT2D eigenvalue weighted by molar-refractivity contribution is -0.0407. The Hall–Kier alpha value is -2.80. The van der Waals surface area contributed by atoms with Crippen LogP contribution < -0.4 is 0 Å². The second-order valence-corrected chi connectivity index (χ2v) is 10.6. The van der Waals surface area contributed by atoms with Crippen LogP contribution in [0.15, 0.2) is 89.8 Å². The van der Waals surface area contributed by atoms with Crippen LogP contribution in [0.4, 0.5) is 0 Å². The van der Waals surface area contributed by atoms with E-state index in [2.05, 4.69) is 0 Å². The van der Waals surface area contributed by atoms with Crippen LogP contribution in [0.5, 0.6) is 0 Å². The number of β-amino-alcohol motifs (C(OH)–C–C–N with tert-alkyl or cyclic N) is 1. The first-order valence-corrected chi connectivity index (χ1v) is 12.1. The molecule has 0 aliphatic carbocycles. The van der Waals surface area contributed by atoms with E-state index in [1.54, 1.807) is 55.5 Å². The van der Waals surface area contributed by atoms with Crippen molar-refractivity contribution in [3.8, 4) is 0 Å². The van der Waals surface area contributed by atoms with E-state index in [1.165, 1.54) is 4.31 Å². The van der Waals surface area contributed by atoms with Crippen molar-refractivity contribution in [2.75, 3.05) is 13.1 Å². The number of rotatable bonds is 5. The van der Waals surface area contributed by atoms with Gasteiger partial charge < -0.3 is 5.11 Å². The number of benzene rings is 3. The number of Topliss-reactive ketones (excluding diaryl/α,β-unsaturated/α-hetero) is 1. The monoisotopic (exact) mass is 449 g/mol. The van der Waals surface area contributed by atoms with Crippen LogP contribution in [-0.4, -0.2) is 42.3 Å². The molecule has 0 radical (unpaired) electrons. The van der Waals surface area contributed by atoms with Gasteiger partial charge in [-0.3, -0.25) is 4.79 Å². The first-order valence-electron chi connectivity index (χ1n) is 10.6. The van der Waals surface area contributed by atoms with Gasteiger partial charge in [0.15, 0.2) is 5.78 Å². The van der Waals surface area contributed by atoms with E-state index in [9.17, 15) is 18.3 Å². The molecule has 5 nitrogen and oxygen atoms in total. The first kappa shape index (κ1) is 22.4. The lowest BCUT2D eigenvalue weighted by Gasteiger charge is -2.46. The summed E-state index contributed by atoms with van der Waals surface area (Å²) in [6, 6.07) is 24.9. The van der Waals surface area contributed by atoms with Crippen molar-refractivity contribution in [2.24, 2.45) is 5.92 Å². The number of sulfonamides is 1. The van der Waals surface area contributed by atoms with Gasteiger partial charge in [-0.05, 0) is 31.5 Å². The van der Waals surface area contributed by atoms with Crippen LogP contribution in [0.3, 0.4) is 0 Å². The molecule has 0 aromatic heterocycles. The Kier molecular flexibility index (Phi) is 6.03. The summed E-state index contributed by atoms with van der Waals surface area (Å²) < 4.78 is 28.2. The zero-order valence-corrected chi connectivity index (χ0v) is 19.0. The van der Waals surface area contributed by atoms with Crippen LogP contribution in [-0.2, 0) is 10.0 Å². The third kappa shape index (κ3) is 4.26. The number of nitrogens with zero attached hydrogens (tertiary/aromatic N) is 1. The van der Waals surface area contributed by atoms with Crippen molar-refractivity contribution < 1.29 is 18.3 Å². The number of aliphatic hydroxyl groups is 1. The molecule has 0 unspecified atom stereocenters. The number of piperidine rings is 1.